The summed E-state index contributed by atoms with van der Waals surface area (Å²) in [6.45, 7) is 8.31. The number of hydrogen-bond acceptors (Lipinski definition) is 5. The summed E-state index contributed by atoms with van der Waals surface area (Å²) in [5.41, 5.74) is 1.14. The highest BCUT2D eigenvalue weighted by Gasteiger charge is 2.30. The minimum atomic E-state index is -0.200. The lowest BCUT2D eigenvalue weighted by Gasteiger charge is -2.34. The summed E-state index contributed by atoms with van der Waals surface area (Å²) >= 11 is 0. The van der Waals surface area contributed by atoms with E-state index in [1.807, 2.05) is 17.7 Å². The third-order valence-corrected chi connectivity index (χ3v) is 3.38. The summed E-state index contributed by atoms with van der Waals surface area (Å²) in [6.07, 6.45) is 1.81. The Kier molecular flexibility index (Phi) is 4.93. The predicted molar refractivity (Wildman–Crippen MR) is 71.6 cm³/mol. The molecule has 0 spiro atoms. The van der Waals surface area contributed by atoms with Gasteiger partial charge in [0.15, 0.2) is 0 Å². The number of rotatable bonds is 5. The fraction of sp³-hybridized carbons (Fsp3) is 0.692. The highest BCUT2D eigenvalue weighted by atomic mass is 16.5. The number of ether oxygens (including phenoxy) is 1. The van der Waals surface area contributed by atoms with Crippen molar-refractivity contribution in [2.45, 2.75) is 33.0 Å². The van der Waals surface area contributed by atoms with E-state index < -0.39 is 0 Å². The van der Waals surface area contributed by atoms with Crippen LogP contribution in [-0.2, 0) is 22.6 Å². The molecule has 0 bridgehead atoms. The Labute approximate surface area is 113 Å². The van der Waals surface area contributed by atoms with Gasteiger partial charge in [0.1, 0.15) is 6.04 Å². The number of piperazine rings is 1. The monoisotopic (exact) mass is 266 g/mol. The molecule has 1 aromatic rings. The van der Waals surface area contributed by atoms with Crippen LogP contribution in [0.15, 0.2) is 12.3 Å². The third-order valence-electron chi connectivity index (χ3n) is 3.38. The summed E-state index contributed by atoms with van der Waals surface area (Å²) in [5.74, 6) is -0.141. The normalized spacial score (nSPS) is 20.4. The average molecular weight is 266 g/mol. The van der Waals surface area contributed by atoms with Crippen molar-refractivity contribution in [3.05, 3.63) is 18.0 Å². The molecule has 2 rings (SSSR count). The fourth-order valence-corrected chi connectivity index (χ4v) is 2.39. The molecule has 19 heavy (non-hydrogen) atoms. The maximum atomic E-state index is 12.0. The van der Waals surface area contributed by atoms with Gasteiger partial charge in [-0.05, 0) is 19.9 Å². The van der Waals surface area contributed by atoms with Crippen LogP contribution in [0.1, 0.15) is 19.5 Å². The summed E-state index contributed by atoms with van der Waals surface area (Å²) in [6, 6.07) is 1.81. The van der Waals surface area contributed by atoms with E-state index in [4.69, 9.17) is 4.74 Å². The van der Waals surface area contributed by atoms with E-state index >= 15 is 0 Å². The molecule has 106 valence electrons. The summed E-state index contributed by atoms with van der Waals surface area (Å²) in [4.78, 5) is 14.1. The quantitative estimate of drug-likeness (QED) is 0.774. The predicted octanol–water partition coefficient (Wildman–Crippen LogP) is 0.240. The fourth-order valence-electron chi connectivity index (χ4n) is 2.39. The van der Waals surface area contributed by atoms with Crippen molar-refractivity contribution in [2.24, 2.45) is 0 Å². The molecule has 1 fully saturated rings. The molecular weight excluding hydrogens is 244 g/mol. The van der Waals surface area contributed by atoms with Crippen molar-refractivity contribution in [2.75, 3.05) is 26.2 Å². The largest absolute Gasteiger partial charge is 0.465 e. The van der Waals surface area contributed by atoms with Gasteiger partial charge >= 0.3 is 5.97 Å². The van der Waals surface area contributed by atoms with E-state index in [9.17, 15) is 4.79 Å². The van der Waals surface area contributed by atoms with Crippen molar-refractivity contribution in [1.29, 1.82) is 0 Å². The van der Waals surface area contributed by atoms with Crippen LogP contribution in [0.5, 0.6) is 0 Å². The van der Waals surface area contributed by atoms with Crippen molar-refractivity contribution in [3.8, 4) is 0 Å². The number of nitrogens with one attached hydrogen (secondary N) is 1. The maximum Gasteiger partial charge on any atom is 0.324 e. The van der Waals surface area contributed by atoms with Gasteiger partial charge in [-0.2, -0.15) is 5.10 Å². The molecule has 0 aliphatic carbocycles. The second kappa shape index (κ2) is 6.68. The highest BCUT2D eigenvalue weighted by molar-refractivity contribution is 5.76. The Hall–Kier alpha value is -1.40. The summed E-state index contributed by atoms with van der Waals surface area (Å²) < 4.78 is 7.11. The first-order valence-corrected chi connectivity index (χ1v) is 6.88. The second-order valence-corrected chi connectivity index (χ2v) is 4.58. The Bertz CT molecular complexity index is 419. The van der Waals surface area contributed by atoms with Gasteiger partial charge in [0.05, 0.1) is 12.3 Å². The van der Waals surface area contributed by atoms with Gasteiger partial charge in [0.25, 0.3) is 0 Å². The zero-order valence-corrected chi connectivity index (χ0v) is 11.6. The van der Waals surface area contributed by atoms with Crippen LogP contribution >= 0.6 is 0 Å². The topological polar surface area (TPSA) is 59.4 Å². The molecule has 0 amide bonds. The second-order valence-electron chi connectivity index (χ2n) is 4.58. The van der Waals surface area contributed by atoms with Crippen LogP contribution < -0.4 is 5.32 Å². The molecular formula is C13H22N4O2. The maximum absolute atomic E-state index is 12.0. The van der Waals surface area contributed by atoms with Crippen molar-refractivity contribution in [1.82, 2.24) is 20.0 Å². The van der Waals surface area contributed by atoms with E-state index in [1.54, 1.807) is 6.20 Å². The van der Waals surface area contributed by atoms with Crippen molar-refractivity contribution in [3.63, 3.8) is 0 Å². The van der Waals surface area contributed by atoms with E-state index in [0.717, 1.165) is 31.9 Å². The zero-order valence-electron chi connectivity index (χ0n) is 11.6. The lowest BCUT2D eigenvalue weighted by atomic mass is 10.2. The molecule has 1 saturated heterocycles. The molecule has 1 atom stereocenters. The van der Waals surface area contributed by atoms with Gasteiger partial charge in [-0.3, -0.25) is 14.4 Å². The Morgan fingerprint density at radius 1 is 1.58 bits per heavy atom. The van der Waals surface area contributed by atoms with E-state index in [1.165, 1.54) is 0 Å². The Balaban J connectivity index is 2.05. The van der Waals surface area contributed by atoms with Crippen LogP contribution in [0.2, 0.25) is 0 Å². The zero-order chi connectivity index (χ0) is 13.7. The lowest BCUT2D eigenvalue weighted by Crippen LogP contribution is -2.55. The number of carbonyl (C=O) groups is 1. The van der Waals surface area contributed by atoms with Gasteiger partial charge in [-0.1, -0.05) is 0 Å². The third kappa shape index (κ3) is 3.33. The molecule has 1 aliphatic heterocycles. The van der Waals surface area contributed by atoms with Crippen LogP contribution in [0.25, 0.3) is 0 Å². The van der Waals surface area contributed by atoms with Gasteiger partial charge in [-0.15, -0.1) is 0 Å². The number of aromatic nitrogens is 2. The standard InChI is InChI=1S/C13H22N4O2/c1-3-17-11(5-6-15-17)10-16-8-7-14-9-12(16)13(18)19-4-2/h5-6,12,14H,3-4,7-10H2,1-2H3. The first-order chi connectivity index (χ1) is 9.26. The molecule has 0 aromatic carbocycles. The number of carbonyl (C=O) groups excluding carboxylic acids is 1. The number of nitrogens with zero attached hydrogens (tertiary/aromatic N) is 3. The molecule has 0 radical (unpaired) electrons. The molecule has 1 aromatic heterocycles. The van der Waals surface area contributed by atoms with Crippen LogP contribution in [-0.4, -0.2) is 52.9 Å². The van der Waals surface area contributed by atoms with Crippen LogP contribution in [0.3, 0.4) is 0 Å². The van der Waals surface area contributed by atoms with Crippen LogP contribution in [0.4, 0.5) is 0 Å². The average Bonchev–Trinajstić information content (AvgIpc) is 2.87. The summed E-state index contributed by atoms with van der Waals surface area (Å²) in [5, 5.41) is 7.51. The van der Waals surface area contributed by atoms with E-state index in [-0.39, 0.29) is 12.0 Å². The first kappa shape index (κ1) is 14.0. The molecule has 6 heteroatoms. The molecule has 1 N–H and O–H groups in total. The van der Waals surface area contributed by atoms with Gasteiger partial charge < -0.3 is 10.1 Å². The van der Waals surface area contributed by atoms with Gasteiger partial charge in [-0.25, -0.2) is 0 Å². The smallest absolute Gasteiger partial charge is 0.324 e. The van der Waals surface area contributed by atoms with Crippen LogP contribution in [0, 0.1) is 0 Å². The van der Waals surface area contributed by atoms with Gasteiger partial charge in [0, 0.05) is 38.9 Å². The highest BCUT2D eigenvalue weighted by Crippen LogP contribution is 2.11. The Morgan fingerprint density at radius 3 is 3.16 bits per heavy atom. The number of aryl methyl sites for hydroxylation is 1. The minimum absolute atomic E-state index is 0.141. The Morgan fingerprint density at radius 2 is 2.42 bits per heavy atom. The lowest BCUT2D eigenvalue weighted by molar-refractivity contribution is -0.150. The molecule has 1 aliphatic rings. The SMILES string of the molecule is CCOC(=O)C1CNCCN1Cc1ccnn1CC. The van der Waals surface area contributed by atoms with Crippen molar-refractivity contribution >= 4 is 5.97 Å². The first-order valence-electron chi connectivity index (χ1n) is 6.88. The summed E-state index contributed by atoms with van der Waals surface area (Å²) in [7, 11) is 0. The minimum Gasteiger partial charge on any atom is -0.465 e. The van der Waals surface area contributed by atoms with E-state index in [0.29, 0.717) is 13.2 Å². The van der Waals surface area contributed by atoms with E-state index in [2.05, 4.69) is 22.2 Å². The van der Waals surface area contributed by atoms with Gasteiger partial charge in [0.2, 0.25) is 0 Å². The number of hydrogen-bond donors (Lipinski definition) is 1. The number of esters is 1. The molecule has 2 heterocycles. The molecule has 6 nitrogen and oxygen atoms in total. The molecule has 1 unspecified atom stereocenters. The molecule has 0 saturated carbocycles. The van der Waals surface area contributed by atoms with Crippen molar-refractivity contribution < 1.29 is 9.53 Å².